The molecule has 0 saturated heterocycles. The molecule has 0 atom stereocenters. The number of aromatic nitrogens is 4. The third kappa shape index (κ3) is 4.83. The lowest BCUT2D eigenvalue weighted by atomic mass is 10.0. The van der Waals surface area contributed by atoms with E-state index in [-0.39, 0.29) is 0 Å². The van der Waals surface area contributed by atoms with E-state index >= 15 is 0 Å². The summed E-state index contributed by atoms with van der Waals surface area (Å²) < 4.78 is 8.95. The highest BCUT2D eigenvalue weighted by molar-refractivity contribution is 6.29. The molecule has 0 aliphatic rings. The van der Waals surface area contributed by atoms with Crippen molar-refractivity contribution >= 4 is 54.5 Å². The van der Waals surface area contributed by atoms with Gasteiger partial charge in [0, 0.05) is 49.3 Å². The van der Waals surface area contributed by atoms with E-state index in [1.54, 1.807) is 0 Å². The average molecular weight is 691 g/mol. The number of hydrogen-bond acceptors (Lipinski definition) is 4. The van der Waals surface area contributed by atoms with Crippen molar-refractivity contribution < 1.29 is 4.42 Å². The fourth-order valence-electron chi connectivity index (χ4n) is 7.90. The predicted molar refractivity (Wildman–Crippen MR) is 221 cm³/mol. The van der Waals surface area contributed by atoms with E-state index < -0.39 is 0 Å². The van der Waals surface area contributed by atoms with Crippen molar-refractivity contribution in [3.8, 4) is 51.0 Å². The highest BCUT2D eigenvalue weighted by atomic mass is 16.3. The van der Waals surface area contributed by atoms with Crippen molar-refractivity contribution in [2.75, 3.05) is 0 Å². The lowest BCUT2D eigenvalue weighted by Gasteiger charge is -2.12. The first kappa shape index (κ1) is 30.3. The van der Waals surface area contributed by atoms with Gasteiger partial charge < -0.3 is 8.98 Å². The third-order valence-corrected chi connectivity index (χ3v) is 10.4. The van der Waals surface area contributed by atoms with Gasteiger partial charge in [0.25, 0.3) is 0 Å². The Morgan fingerprint density at radius 3 is 1.72 bits per heavy atom. The molecule has 252 valence electrons. The minimum atomic E-state index is 0.614. The van der Waals surface area contributed by atoms with Crippen LogP contribution in [0.3, 0.4) is 0 Å². The van der Waals surface area contributed by atoms with Crippen LogP contribution in [-0.2, 0) is 0 Å². The first-order valence-electron chi connectivity index (χ1n) is 18.1. The molecule has 5 nitrogen and oxygen atoms in total. The molecule has 0 unspecified atom stereocenters. The van der Waals surface area contributed by atoms with Crippen molar-refractivity contribution in [3.05, 3.63) is 182 Å². The Labute approximate surface area is 310 Å². The summed E-state index contributed by atoms with van der Waals surface area (Å²) in [5, 5.41) is 6.87. The molecule has 0 amide bonds. The van der Waals surface area contributed by atoms with Crippen LogP contribution in [0, 0.1) is 0 Å². The van der Waals surface area contributed by atoms with Crippen LogP contribution in [0.15, 0.2) is 186 Å². The fourth-order valence-corrected chi connectivity index (χ4v) is 7.90. The number of furan rings is 1. The Morgan fingerprint density at radius 2 is 0.944 bits per heavy atom. The summed E-state index contributed by atoms with van der Waals surface area (Å²) in [5.41, 5.74) is 10.1. The number of para-hydroxylation sites is 2. The van der Waals surface area contributed by atoms with Gasteiger partial charge in [-0.25, -0.2) is 15.0 Å². The van der Waals surface area contributed by atoms with Crippen LogP contribution in [0.2, 0.25) is 0 Å². The average Bonchev–Trinajstić information content (AvgIpc) is 3.80. The van der Waals surface area contributed by atoms with Crippen LogP contribution in [-0.4, -0.2) is 19.5 Å². The van der Waals surface area contributed by atoms with E-state index in [4.69, 9.17) is 19.4 Å². The summed E-state index contributed by atoms with van der Waals surface area (Å²) in [6.07, 6.45) is 0. The second-order valence-electron chi connectivity index (χ2n) is 13.6. The summed E-state index contributed by atoms with van der Waals surface area (Å²) in [5.74, 6) is 1.87. The Morgan fingerprint density at radius 1 is 0.370 bits per heavy atom. The lowest BCUT2D eigenvalue weighted by molar-refractivity contribution is 0.673. The molecule has 11 rings (SSSR count). The molecule has 3 aromatic heterocycles. The number of benzene rings is 8. The van der Waals surface area contributed by atoms with Gasteiger partial charge in [-0.05, 0) is 52.9 Å². The molecule has 0 N–H and O–H groups in total. The Balaban J connectivity index is 1.10. The highest BCUT2D eigenvalue weighted by Crippen LogP contribution is 2.42. The summed E-state index contributed by atoms with van der Waals surface area (Å²) in [6.45, 7) is 0. The van der Waals surface area contributed by atoms with Crippen LogP contribution in [0.25, 0.3) is 105 Å². The largest absolute Gasteiger partial charge is 0.455 e. The summed E-state index contributed by atoms with van der Waals surface area (Å²) in [4.78, 5) is 15.2. The first-order valence-corrected chi connectivity index (χ1v) is 18.1. The van der Waals surface area contributed by atoms with E-state index in [0.29, 0.717) is 17.5 Å². The topological polar surface area (TPSA) is 56.7 Å². The number of nitrogens with zero attached hydrogens (tertiary/aromatic N) is 4. The molecular weight excluding hydrogens is 661 g/mol. The van der Waals surface area contributed by atoms with Crippen LogP contribution < -0.4 is 0 Å². The molecule has 8 aromatic carbocycles. The van der Waals surface area contributed by atoms with Gasteiger partial charge in [-0.2, -0.15) is 0 Å². The van der Waals surface area contributed by atoms with Gasteiger partial charge in [0.05, 0.1) is 11.0 Å². The predicted octanol–water partition coefficient (Wildman–Crippen LogP) is 12.7. The molecule has 0 radical (unpaired) electrons. The molecule has 0 aliphatic heterocycles. The third-order valence-electron chi connectivity index (χ3n) is 10.4. The molecule has 11 aromatic rings. The minimum Gasteiger partial charge on any atom is -0.455 e. The van der Waals surface area contributed by atoms with Crippen molar-refractivity contribution in [1.82, 2.24) is 19.5 Å². The van der Waals surface area contributed by atoms with Gasteiger partial charge in [-0.15, -0.1) is 0 Å². The van der Waals surface area contributed by atoms with Crippen molar-refractivity contribution in [1.29, 1.82) is 0 Å². The maximum atomic E-state index is 6.61. The molecule has 0 aliphatic carbocycles. The van der Waals surface area contributed by atoms with Crippen LogP contribution in [0.4, 0.5) is 0 Å². The fraction of sp³-hybridized carbons (Fsp3) is 0. The maximum Gasteiger partial charge on any atom is 0.164 e. The van der Waals surface area contributed by atoms with E-state index in [1.807, 2.05) is 48.5 Å². The van der Waals surface area contributed by atoms with Gasteiger partial charge in [-0.1, -0.05) is 146 Å². The van der Waals surface area contributed by atoms with Crippen LogP contribution >= 0.6 is 0 Å². The van der Waals surface area contributed by atoms with Crippen LogP contribution in [0.5, 0.6) is 0 Å². The lowest BCUT2D eigenvalue weighted by Crippen LogP contribution is -2.01. The van der Waals surface area contributed by atoms with Gasteiger partial charge >= 0.3 is 0 Å². The minimum absolute atomic E-state index is 0.614. The van der Waals surface area contributed by atoms with E-state index in [0.717, 1.165) is 71.7 Å². The zero-order valence-corrected chi connectivity index (χ0v) is 29.0. The molecule has 0 bridgehead atoms. The maximum absolute atomic E-state index is 6.61. The zero-order chi connectivity index (χ0) is 35.6. The number of rotatable bonds is 5. The summed E-state index contributed by atoms with van der Waals surface area (Å²) in [7, 11) is 0. The van der Waals surface area contributed by atoms with Crippen LogP contribution in [0.1, 0.15) is 0 Å². The molecule has 5 heteroatoms. The van der Waals surface area contributed by atoms with Gasteiger partial charge in [0.1, 0.15) is 11.2 Å². The Kier molecular flexibility index (Phi) is 6.79. The summed E-state index contributed by atoms with van der Waals surface area (Å²) in [6, 6.07) is 63.2. The Bertz CT molecular complexity index is 3200. The molecule has 0 saturated carbocycles. The zero-order valence-electron chi connectivity index (χ0n) is 29.0. The number of fused-ring (bicyclic) bond motifs is 9. The van der Waals surface area contributed by atoms with E-state index in [2.05, 4.69) is 138 Å². The Hall–Kier alpha value is -7.37. The highest BCUT2D eigenvalue weighted by Gasteiger charge is 2.20. The van der Waals surface area contributed by atoms with Gasteiger partial charge in [-0.3, -0.25) is 0 Å². The normalized spacial score (nSPS) is 11.7. The second-order valence-corrected chi connectivity index (χ2v) is 13.6. The van der Waals surface area contributed by atoms with Crippen molar-refractivity contribution in [2.45, 2.75) is 0 Å². The van der Waals surface area contributed by atoms with Gasteiger partial charge in [0.15, 0.2) is 17.5 Å². The van der Waals surface area contributed by atoms with Gasteiger partial charge in [0.2, 0.25) is 0 Å². The molecular formula is C49H30N4O. The summed E-state index contributed by atoms with van der Waals surface area (Å²) >= 11 is 0. The van der Waals surface area contributed by atoms with Crippen molar-refractivity contribution in [3.63, 3.8) is 0 Å². The second kappa shape index (κ2) is 12.1. The monoisotopic (exact) mass is 690 g/mol. The number of hydrogen-bond donors (Lipinski definition) is 0. The quantitative estimate of drug-likeness (QED) is 0.180. The standard InChI is InChI=1S/C49H30N4O/c1-3-12-31(13-4-1)32-22-24-35(25-23-32)48-50-47(34-14-5-2-6-15-34)51-49(52-48)36-16-11-17-37(30-36)53-41-20-9-7-19-40(41)45-42(53)29-27-33-26-28-39-38-18-8-10-21-43(38)54-46(39)44(33)45/h1-30H. The van der Waals surface area contributed by atoms with E-state index in [9.17, 15) is 0 Å². The molecule has 0 spiro atoms. The SMILES string of the molecule is c1ccc(-c2ccc(-c3nc(-c4ccccc4)nc(-c4cccc(-n5c6ccccc6c6c7c(ccc8c9ccccc9oc87)ccc65)c4)n3)cc2)cc1. The first-order chi connectivity index (χ1) is 26.8. The van der Waals surface area contributed by atoms with E-state index in [1.165, 1.54) is 16.3 Å². The van der Waals surface area contributed by atoms with Crippen molar-refractivity contribution in [2.24, 2.45) is 0 Å². The molecule has 3 heterocycles. The molecule has 54 heavy (non-hydrogen) atoms. The molecule has 0 fully saturated rings. The smallest absolute Gasteiger partial charge is 0.164 e.